The fourth-order valence-corrected chi connectivity index (χ4v) is 4.25. The van der Waals surface area contributed by atoms with Gasteiger partial charge in [0.05, 0.1) is 21.8 Å². The van der Waals surface area contributed by atoms with Gasteiger partial charge in [0.25, 0.3) is 0 Å². The topological polar surface area (TPSA) is 37.3 Å². The fraction of sp³-hybridized carbons (Fsp3) is 0. The number of hydrazone groups is 1. The molecule has 0 aliphatic carbocycles. The van der Waals surface area contributed by atoms with Crippen LogP contribution in [-0.2, 0) is 0 Å². The number of hydrogen-bond acceptors (Lipinski definition) is 4. The molecule has 29 heavy (non-hydrogen) atoms. The highest BCUT2D eigenvalue weighted by atomic mass is 35.5. The van der Waals surface area contributed by atoms with Crippen molar-refractivity contribution in [1.29, 1.82) is 0 Å². The first-order valence-corrected chi connectivity index (χ1v) is 10.6. The summed E-state index contributed by atoms with van der Waals surface area (Å²) in [5, 5.41) is 6.77. The van der Waals surface area contributed by atoms with Gasteiger partial charge in [-0.25, -0.2) is 4.98 Å². The van der Waals surface area contributed by atoms with E-state index in [4.69, 9.17) is 39.8 Å². The van der Waals surface area contributed by atoms with Crippen LogP contribution in [0, 0.1) is 0 Å². The summed E-state index contributed by atoms with van der Waals surface area (Å²) in [7, 11) is 0. The molecule has 1 N–H and O–H groups in total. The second kappa shape index (κ2) is 8.97. The molecule has 0 fully saturated rings. The zero-order valence-corrected chi connectivity index (χ0v) is 18.0. The molecule has 4 rings (SSSR count). The van der Waals surface area contributed by atoms with Gasteiger partial charge in [0, 0.05) is 21.2 Å². The molecular formula is C22H14Cl3N3S. The van der Waals surface area contributed by atoms with Crippen molar-refractivity contribution in [3.63, 3.8) is 0 Å². The quantitative estimate of drug-likeness (QED) is 0.244. The van der Waals surface area contributed by atoms with Crippen LogP contribution < -0.4 is 5.43 Å². The van der Waals surface area contributed by atoms with Gasteiger partial charge in [0.1, 0.15) is 0 Å². The Morgan fingerprint density at radius 2 is 1.55 bits per heavy atom. The average Bonchev–Trinajstić information content (AvgIpc) is 3.15. The van der Waals surface area contributed by atoms with Gasteiger partial charge in [-0.15, -0.1) is 0 Å². The highest BCUT2D eigenvalue weighted by Gasteiger charge is 2.14. The minimum atomic E-state index is 0.536. The number of hydrogen-bond donors (Lipinski definition) is 1. The van der Waals surface area contributed by atoms with Crippen LogP contribution in [0.5, 0.6) is 0 Å². The van der Waals surface area contributed by atoms with Gasteiger partial charge in [0.2, 0.25) is 5.13 Å². The minimum absolute atomic E-state index is 0.536. The smallest absolute Gasteiger partial charge is 0.204 e. The van der Waals surface area contributed by atoms with Gasteiger partial charge in [-0.2, -0.15) is 5.10 Å². The van der Waals surface area contributed by atoms with Gasteiger partial charge in [-0.1, -0.05) is 94.7 Å². The maximum atomic E-state index is 6.19. The number of aromatic nitrogens is 1. The van der Waals surface area contributed by atoms with E-state index in [1.165, 1.54) is 11.3 Å². The molecule has 0 atom stereocenters. The van der Waals surface area contributed by atoms with E-state index in [0.717, 1.165) is 27.3 Å². The molecule has 0 radical (unpaired) electrons. The summed E-state index contributed by atoms with van der Waals surface area (Å²) < 4.78 is 0. The zero-order chi connectivity index (χ0) is 20.2. The molecule has 7 heteroatoms. The van der Waals surface area contributed by atoms with Crippen LogP contribution in [0.2, 0.25) is 15.1 Å². The number of rotatable bonds is 5. The first-order valence-electron chi connectivity index (χ1n) is 8.66. The molecule has 0 spiro atoms. The average molecular weight is 459 g/mol. The Kier molecular flexibility index (Phi) is 6.16. The maximum absolute atomic E-state index is 6.19. The number of nitrogens with one attached hydrogen (secondary N) is 1. The summed E-state index contributed by atoms with van der Waals surface area (Å²) in [4.78, 5) is 5.80. The Morgan fingerprint density at radius 3 is 2.28 bits per heavy atom. The van der Waals surface area contributed by atoms with Crippen LogP contribution in [0.15, 0.2) is 77.9 Å². The molecule has 1 aromatic heterocycles. The fourth-order valence-electron chi connectivity index (χ4n) is 2.72. The van der Waals surface area contributed by atoms with Gasteiger partial charge in [-0.05, 0) is 29.8 Å². The van der Waals surface area contributed by atoms with E-state index in [9.17, 15) is 0 Å². The molecule has 0 amide bonds. The van der Waals surface area contributed by atoms with Crippen LogP contribution in [-0.4, -0.2) is 11.2 Å². The molecule has 1 heterocycles. The Labute approximate surface area is 187 Å². The van der Waals surface area contributed by atoms with Crippen molar-refractivity contribution in [2.45, 2.75) is 0 Å². The first kappa shape index (κ1) is 19.9. The van der Waals surface area contributed by atoms with Gasteiger partial charge in [-0.3, -0.25) is 5.43 Å². The second-order valence-electron chi connectivity index (χ2n) is 6.11. The van der Waals surface area contributed by atoms with Crippen molar-refractivity contribution in [2.24, 2.45) is 5.10 Å². The van der Waals surface area contributed by atoms with E-state index in [2.05, 4.69) is 22.7 Å². The van der Waals surface area contributed by atoms with Gasteiger partial charge in [0.15, 0.2) is 0 Å². The van der Waals surface area contributed by atoms with E-state index in [1.807, 2.05) is 48.5 Å². The van der Waals surface area contributed by atoms with Gasteiger partial charge < -0.3 is 0 Å². The van der Waals surface area contributed by atoms with Crippen LogP contribution >= 0.6 is 46.1 Å². The SMILES string of the molecule is Clc1ccc(-c2nc(N/N=C\c3ccc(Cl)cc3Cl)sc2-c2ccccc2)cc1. The summed E-state index contributed by atoms with van der Waals surface area (Å²) in [5.41, 5.74) is 6.72. The van der Waals surface area contributed by atoms with Crippen molar-refractivity contribution in [3.8, 4) is 21.7 Å². The summed E-state index contributed by atoms with van der Waals surface area (Å²) in [6.07, 6.45) is 1.64. The molecule has 0 saturated heterocycles. The van der Waals surface area contributed by atoms with Crippen LogP contribution in [0.25, 0.3) is 21.7 Å². The maximum Gasteiger partial charge on any atom is 0.204 e. The lowest BCUT2D eigenvalue weighted by molar-refractivity contribution is 1.29. The molecule has 0 aliphatic heterocycles. The number of nitrogens with zero attached hydrogens (tertiary/aromatic N) is 2. The predicted octanol–water partition coefficient (Wildman–Crippen LogP) is 7.88. The van der Waals surface area contributed by atoms with E-state index in [1.54, 1.807) is 18.3 Å². The third-order valence-electron chi connectivity index (χ3n) is 4.11. The van der Waals surface area contributed by atoms with Crippen LogP contribution in [0.4, 0.5) is 5.13 Å². The summed E-state index contributed by atoms with van der Waals surface area (Å²) in [5.74, 6) is 0. The lowest BCUT2D eigenvalue weighted by atomic mass is 10.1. The lowest BCUT2D eigenvalue weighted by Gasteiger charge is -2.02. The summed E-state index contributed by atoms with van der Waals surface area (Å²) in [6.45, 7) is 0. The number of benzene rings is 3. The largest absolute Gasteiger partial charge is 0.253 e. The van der Waals surface area contributed by atoms with Crippen molar-refractivity contribution < 1.29 is 0 Å². The lowest BCUT2D eigenvalue weighted by Crippen LogP contribution is -1.91. The monoisotopic (exact) mass is 457 g/mol. The molecular weight excluding hydrogens is 445 g/mol. The molecule has 0 bridgehead atoms. The molecule has 0 unspecified atom stereocenters. The first-order chi connectivity index (χ1) is 14.1. The Balaban J connectivity index is 1.66. The highest BCUT2D eigenvalue weighted by molar-refractivity contribution is 7.19. The van der Waals surface area contributed by atoms with E-state index < -0.39 is 0 Å². The third kappa shape index (κ3) is 4.80. The third-order valence-corrected chi connectivity index (χ3v) is 5.93. The molecule has 144 valence electrons. The number of halogens is 3. The van der Waals surface area contributed by atoms with Crippen molar-refractivity contribution in [3.05, 3.63) is 93.4 Å². The zero-order valence-electron chi connectivity index (χ0n) is 14.9. The van der Waals surface area contributed by atoms with E-state index in [-0.39, 0.29) is 0 Å². The molecule has 0 aliphatic rings. The van der Waals surface area contributed by atoms with Crippen molar-refractivity contribution in [1.82, 2.24) is 4.98 Å². The highest BCUT2D eigenvalue weighted by Crippen LogP contribution is 2.39. The van der Waals surface area contributed by atoms with Gasteiger partial charge >= 0.3 is 0 Å². The minimum Gasteiger partial charge on any atom is -0.253 e. The normalized spacial score (nSPS) is 11.1. The van der Waals surface area contributed by atoms with E-state index in [0.29, 0.717) is 20.2 Å². The van der Waals surface area contributed by atoms with Crippen LogP contribution in [0.1, 0.15) is 5.56 Å². The summed E-state index contributed by atoms with van der Waals surface area (Å²) >= 11 is 19.7. The standard InChI is InChI=1S/C22H14Cl3N3S/c23-17-9-6-14(7-10-17)20-21(15-4-2-1-3-5-15)29-22(27-20)28-26-13-16-8-11-18(24)12-19(16)25/h1-13H,(H,27,28)/b26-13-. The van der Waals surface area contributed by atoms with Crippen molar-refractivity contribution in [2.75, 3.05) is 5.43 Å². The Hall–Kier alpha value is -2.37. The molecule has 4 aromatic rings. The molecule has 0 saturated carbocycles. The van der Waals surface area contributed by atoms with Crippen LogP contribution in [0.3, 0.4) is 0 Å². The number of anilines is 1. The summed E-state index contributed by atoms with van der Waals surface area (Å²) in [6, 6.07) is 23.0. The second-order valence-corrected chi connectivity index (χ2v) is 8.38. The van der Waals surface area contributed by atoms with E-state index >= 15 is 0 Å². The Morgan fingerprint density at radius 1 is 0.828 bits per heavy atom. The van der Waals surface area contributed by atoms with Crippen molar-refractivity contribution >= 4 is 57.5 Å². The predicted molar refractivity (Wildman–Crippen MR) is 126 cm³/mol. The molecule has 3 aromatic carbocycles. The number of thiazole rings is 1. The Bertz CT molecular complexity index is 1160. The molecule has 3 nitrogen and oxygen atoms in total.